The number of carboxylic acids is 1. The number of benzene rings is 1. The second-order valence-corrected chi connectivity index (χ2v) is 2.59. The number of rotatable bonds is 4. The lowest BCUT2D eigenvalue weighted by Crippen LogP contribution is -2.25. The van der Waals surface area contributed by atoms with E-state index >= 15 is 0 Å². The predicted octanol–water partition coefficient (Wildman–Crippen LogP) is 1.73. The van der Waals surface area contributed by atoms with Crippen molar-refractivity contribution >= 4 is 5.97 Å². The van der Waals surface area contributed by atoms with Crippen molar-refractivity contribution in [2.45, 2.75) is 19.4 Å². The topological polar surface area (TPSA) is 46.5 Å². The van der Waals surface area contributed by atoms with Crippen LogP contribution in [0.15, 0.2) is 24.3 Å². The Morgan fingerprint density at radius 2 is 2.23 bits per heavy atom. The molecule has 0 aliphatic carbocycles. The predicted molar refractivity (Wildman–Crippen MR) is 47.6 cm³/mol. The molecule has 0 spiro atoms. The molecule has 1 aromatic rings. The Morgan fingerprint density at radius 1 is 1.62 bits per heavy atom. The summed E-state index contributed by atoms with van der Waals surface area (Å²) in [6.07, 6.45) is -0.309. The molecule has 13 heavy (non-hydrogen) atoms. The Kier molecular flexibility index (Phi) is 3.31. The molecule has 69 valence electrons. The molecule has 1 N–H and O–H groups in total. The van der Waals surface area contributed by atoms with Gasteiger partial charge in [-0.25, -0.2) is 4.79 Å². The van der Waals surface area contributed by atoms with Crippen LogP contribution in [0.2, 0.25) is 0 Å². The zero-order valence-electron chi connectivity index (χ0n) is 7.36. The van der Waals surface area contributed by atoms with Crippen LogP contribution in [0.25, 0.3) is 0 Å². The maximum Gasteiger partial charge on any atom is 0.344 e. The van der Waals surface area contributed by atoms with E-state index in [9.17, 15) is 4.79 Å². The molecule has 0 saturated heterocycles. The van der Waals surface area contributed by atoms with Gasteiger partial charge >= 0.3 is 5.97 Å². The van der Waals surface area contributed by atoms with E-state index in [4.69, 9.17) is 9.84 Å². The highest BCUT2D eigenvalue weighted by Crippen LogP contribution is 2.11. The van der Waals surface area contributed by atoms with Crippen LogP contribution in [0.5, 0.6) is 5.75 Å². The first-order valence-corrected chi connectivity index (χ1v) is 4.09. The van der Waals surface area contributed by atoms with Crippen molar-refractivity contribution in [3.63, 3.8) is 0 Å². The molecule has 0 aliphatic heterocycles. The molecule has 0 saturated carbocycles. The van der Waals surface area contributed by atoms with E-state index in [1.807, 2.05) is 0 Å². The summed E-state index contributed by atoms with van der Waals surface area (Å²) in [7, 11) is 0. The normalized spacial score (nSPS) is 12.1. The van der Waals surface area contributed by atoms with Gasteiger partial charge in [-0.05, 0) is 24.6 Å². The van der Waals surface area contributed by atoms with Crippen molar-refractivity contribution < 1.29 is 14.6 Å². The Labute approximate surface area is 77.0 Å². The summed E-state index contributed by atoms with van der Waals surface area (Å²) in [6.45, 7) is 1.77. The summed E-state index contributed by atoms with van der Waals surface area (Å²) >= 11 is 0. The Bertz CT molecular complexity index is 269. The molecule has 1 radical (unpaired) electrons. The van der Waals surface area contributed by atoms with Gasteiger partial charge in [0.2, 0.25) is 0 Å². The lowest BCUT2D eigenvalue weighted by Gasteiger charge is -2.12. The lowest BCUT2D eigenvalue weighted by atomic mass is 10.3. The maximum atomic E-state index is 10.6. The summed E-state index contributed by atoms with van der Waals surface area (Å²) in [6, 6.07) is 9.57. The van der Waals surface area contributed by atoms with Crippen LogP contribution in [-0.4, -0.2) is 17.2 Å². The van der Waals surface area contributed by atoms with Crippen molar-refractivity contribution in [1.29, 1.82) is 0 Å². The highest BCUT2D eigenvalue weighted by molar-refractivity contribution is 5.72. The van der Waals surface area contributed by atoms with Gasteiger partial charge in [0.25, 0.3) is 0 Å². The second kappa shape index (κ2) is 4.50. The summed E-state index contributed by atoms with van der Waals surface area (Å²) in [5.41, 5.74) is 0. The quantitative estimate of drug-likeness (QED) is 0.765. The average molecular weight is 179 g/mol. The Balaban J connectivity index is 2.62. The lowest BCUT2D eigenvalue weighted by molar-refractivity contribution is -0.145. The molecule has 1 aromatic carbocycles. The monoisotopic (exact) mass is 179 g/mol. The van der Waals surface area contributed by atoms with Gasteiger partial charge in [0.15, 0.2) is 6.10 Å². The van der Waals surface area contributed by atoms with Gasteiger partial charge < -0.3 is 9.84 Å². The number of carboxylic acid groups (broad SMARTS) is 1. The molecular weight excluding hydrogens is 168 g/mol. The van der Waals surface area contributed by atoms with E-state index < -0.39 is 12.1 Å². The van der Waals surface area contributed by atoms with E-state index in [1.54, 1.807) is 31.2 Å². The first kappa shape index (κ1) is 9.58. The summed E-state index contributed by atoms with van der Waals surface area (Å²) in [5.74, 6) is -0.372. The molecule has 1 rings (SSSR count). The van der Waals surface area contributed by atoms with Crippen LogP contribution < -0.4 is 4.74 Å². The van der Waals surface area contributed by atoms with Gasteiger partial charge in [0, 0.05) is 0 Å². The SMILES string of the molecule is CCC(Oc1cc[c]cc1)C(=O)O. The van der Waals surface area contributed by atoms with E-state index in [1.165, 1.54) is 0 Å². The van der Waals surface area contributed by atoms with Gasteiger partial charge in [-0.3, -0.25) is 0 Å². The molecule has 0 fully saturated rings. The standard InChI is InChI=1S/C10H11O3/c1-2-9(10(11)12)13-8-6-4-3-5-7-8/h4-7,9H,2H2,1H3,(H,11,12). The maximum absolute atomic E-state index is 10.6. The minimum absolute atomic E-state index is 0.452. The highest BCUT2D eigenvalue weighted by atomic mass is 16.5. The number of aliphatic carboxylic acids is 1. The molecule has 3 heteroatoms. The van der Waals surface area contributed by atoms with Crippen LogP contribution in [0.1, 0.15) is 13.3 Å². The minimum atomic E-state index is -0.935. The number of hydrogen-bond donors (Lipinski definition) is 1. The smallest absolute Gasteiger partial charge is 0.344 e. The van der Waals surface area contributed by atoms with E-state index in [0.717, 1.165) is 0 Å². The van der Waals surface area contributed by atoms with E-state index in [0.29, 0.717) is 12.2 Å². The molecule has 0 heterocycles. The van der Waals surface area contributed by atoms with Crippen LogP contribution in [0, 0.1) is 6.07 Å². The molecule has 1 unspecified atom stereocenters. The molecule has 0 aromatic heterocycles. The fourth-order valence-electron chi connectivity index (χ4n) is 0.923. The molecular formula is C10H11O3. The third-order valence-corrected chi connectivity index (χ3v) is 1.61. The third-order valence-electron chi connectivity index (χ3n) is 1.61. The first-order valence-electron chi connectivity index (χ1n) is 4.09. The minimum Gasteiger partial charge on any atom is -0.479 e. The van der Waals surface area contributed by atoms with Crippen molar-refractivity contribution in [2.24, 2.45) is 0 Å². The van der Waals surface area contributed by atoms with Crippen LogP contribution >= 0.6 is 0 Å². The van der Waals surface area contributed by atoms with Crippen LogP contribution in [0.3, 0.4) is 0 Å². The van der Waals surface area contributed by atoms with Crippen molar-refractivity contribution in [3.8, 4) is 5.75 Å². The zero-order chi connectivity index (χ0) is 9.68. The number of hydrogen-bond acceptors (Lipinski definition) is 2. The Hall–Kier alpha value is -1.51. The summed E-state index contributed by atoms with van der Waals surface area (Å²) in [4.78, 5) is 10.6. The fourth-order valence-corrected chi connectivity index (χ4v) is 0.923. The molecule has 0 bridgehead atoms. The van der Waals surface area contributed by atoms with Gasteiger partial charge in [0.05, 0.1) is 0 Å². The largest absolute Gasteiger partial charge is 0.479 e. The summed E-state index contributed by atoms with van der Waals surface area (Å²) < 4.78 is 5.21. The average Bonchev–Trinajstić information content (AvgIpc) is 2.15. The van der Waals surface area contributed by atoms with Crippen LogP contribution in [0.4, 0.5) is 0 Å². The van der Waals surface area contributed by atoms with E-state index in [2.05, 4.69) is 6.07 Å². The van der Waals surface area contributed by atoms with Gasteiger partial charge in [-0.2, -0.15) is 0 Å². The summed E-state index contributed by atoms with van der Waals surface area (Å²) in [5, 5.41) is 8.70. The number of ether oxygens (including phenoxy) is 1. The fraction of sp³-hybridized carbons (Fsp3) is 0.300. The Morgan fingerprint density at radius 3 is 2.69 bits per heavy atom. The third kappa shape index (κ3) is 2.78. The van der Waals surface area contributed by atoms with E-state index in [-0.39, 0.29) is 0 Å². The van der Waals surface area contributed by atoms with Gasteiger partial charge in [0.1, 0.15) is 5.75 Å². The van der Waals surface area contributed by atoms with Crippen molar-refractivity contribution in [2.75, 3.05) is 0 Å². The van der Waals surface area contributed by atoms with Crippen LogP contribution in [-0.2, 0) is 4.79 Å². The molecule has 1 atom stereocenters. The van der Waals surface area contributed by atoms with Gasteiger partial charge in [-0.1, -0.05) is 19.1 Å². The molecule has 3 nitrogen and oxygen atoms in total. The highest BCUT2D eigenvalue weighted by Gasteiger charge is 2.15. The van der Waals surface area contributed by atoms with Gasteiger partial charge in [-0.15, -0.1) is 0 Å². The zero-order valence-corrected chi connectivity index (χ0v) is 7.36. The number of carbonyl (C=O) groups is 1. The molecule has 0 aliphatic rings. The molecule has 0 amide bonds. The van der Waals surface area contributed by atoms with Crippen molar-refractivity contribution in [1.82, 2.24) is 0 Å². The second-order valence-electron chi connectivity index (χ2n) is 2.59. The first-order chi connectivity index (χ1) is 6.24. The van der Waals surface area contributed by atoms with Crippen molar-refractivity contribution in [3.05, 3.63) is 30.3 Å².